The van der Waals surface area contributed by atoms with E-state index in [1.54, 1.807) is 13.3 Å². The van der Waals surface area contributed by atoms with E-state index < -0.39 is 0 Å². The van der Waals surface area contributed by atoms with Crippen LogP contribution < -0.4 is 10.5 Å². The van der Waals surface area contributed by atoms with Gasteiger partial charge in [0, 0.05) is 24.2 Å². The molecule has 0 fully saturated rings. The predicted octanol–water partition coefficient (Wildman–Crippen LogP) is 2.43. The van der Waals surface area contributed by atoms with Gasteiger partial charge in [0.05, 0.1) is 12.8 Å². The first-order valence-corrected chi connectivity index (χ1v) is 6.41. The fraction of sp³-hybridized carbons (Fsp3) is 0.333. The summed E-state index contributed by atoms with van der Waals surface area (Å²) >= 11 is 0. The number of para-hydroxylation sites is 1. The Morgan fingerprint density at radius 2 is 2.05 bits per heavy atom. The summed E-state index contributed by atoms with van der Waals surface area (Å²) in [6.45, 7) is 1.99. The smallest absolute Gasteiger partial charge is 0.129 e. The Labute approximate surface area is 113 Å². The summed E-state index contributed by atoms with van der Waals surface area (Å²) in [5.74, 6) is 1.64. The number of benzene rings is 1. The van der Waals surface area contributed by atoms with Crippen LogP contribution in [0, 0.1) is 0 Å². The molecule has 2 N–H and O–H groups in total. The molecule has 2 aromatic rings. The molecule has 2 rings (SSSR count). The van der Waals surface area contributed by atoms with Crippen molar-refractivity contribution in [2.75, 3.05) is 7.11 Å². The maximum Gasteiger partial charge on any atom is 0.129 e. The summed E-state index contributed by atoms with van der Waals surface area (Å²) in [5.41, 5.74) is 7.62. The molecule has 0 saturated heterocycles. The molecule has 4 nitrogen and oxygen atoms in total. The lowest BCUT2D eigenvalue weighted by atomic mass is 10.1. The van der Waals surface area contributed by atoms with E-state index in [1.807, 2.05) is 37.3 Å². The van der Waals surface area contributed by atoms with Gasteiger partial charge in [-0.25, -0.2) is 9.97 Å². The van der Waals surface area contributed by atoms with E-state index >= 15 is 0 Å². The first kappa shape index (κ1) is 13.5. The van der Waals surface area contributed by atoms with Gasteiger partial charge in [0.2, 0.25) is 0 Å². The van der Waals surface area contributed by atoms with E-state index in [4.69, 9.17) is 10.5 Å². The zero-order valence-corrected chi connectivity index (χ0v) is 11.3. The molecule has 0 radical (unpaired) electrons. The Kier molecular flexibility index (Phi) is 4.47. The van der Waals surface area contributed by atoms with Crippen molar-refractivity contribution in [2.24, 2.45) is 5.73 Å². The predicted molar refractivity (Wildman–Crippen MR) is 76.0 cm³/mol. The molecule has 100 valence electrons. The van der Waals surface area contributed by atoms with Crippen molar-refractivity contribution in [1.82, 2.24) is 9.97 Å². The Hall–Kier alpha value is -1.94. The zero-order chi connectivity index (χ0) is 13.7. The summed E-state index contributed by atoms with van der Waals surface area (Å²) < 4.78 is 5.36. The highest BCUT2D eigenvalue weighted by atomic mass is 16.5. The standard InChI is InChI=1S/C15H19N3O/c1-11(16)7-8-15-17-10-9-13(18-15)12-5-3-4-6-14(12)19-2/h3-6,9-11H,7-8,16H2,1-2H3. The van der Waals surface area contributed by atoms with Gasteiger partial charge in [0.15, 0.2) is 0 Å². The van der Waals surface area contributed by atoms with Gasteiger partial charge in [-0.15, -0.1) is 0 Å². The van der Waals surface area contributed by atoms with Crippen molar-refractivity contribution in [3.8, 4) is 17.0 Å². The normalized spacial score (nSPS) is 12.2. The van der Waals surface area contributed by atoms with Crippen LogP contribution in [0.15, 0.2) is 36.5 Å². The average Bonchev–Trinajstić information content (AvgIpc) is 2.45. The summed E-state index contributed by atoms with van der Waals surface area (Å²) in [4.78, 5) is 8.86. The number of methoxy groups -OCH3 is 1. The van der Waals surface area contributed by atoms with Gasteiger partial charge in [-0.3, -0.25) is 0 Å². The number of aryl methyl sites for hydroxylation is 1. The van der Waals surface area contributed by atoms with Gasteiger partial charge in [0.1, 0.15) is 11.6 Å². The lowest BCUT2D eigenvalue weighted by Crippen LogP contribution is -2.16. The van der Waals surface area contributed by atoms with Gasteiger partial charge < -0.3 is 10.5 Å². The highest BCUT2D eigenvalue weighted by Crippen LogP contribution is 2.27. The van der Waals surface area contributed by atoms with Crippen molar-refractivity contribution in [1.29, 1.82) is 0 Å². The minimum Gasteiger partial charge on any atom is -0.496 e. The van der Waals surface area contributed by atoms with Gasteiger partial charge in [0.25, 0.3) is 0 Å². The average molecular weight is 257 g/mol. The number of nitrogens with two attached hydrogens (primary N) is 1. The van der Waals surface area contributed by atoms with Crippen LogP contribution in [0.25, 0.3) is 11.3 Å². The molecule has 0 aliphatic rings. The molecule has 1 aromatic carbocycles. The number of aromatic nitrogens is 2. The number of rotatable bonds is 5. The minimum absolute atomic E-state index is 0.165. The SMILES string of the molecule is COc1ccccc1-c1ccnc(CCC(C)N)n1. The molecule has 0 bridgehead atoms. The number of hydrogen-bond acceptors (Lipinski definition) is 4. The summed E-state index contributed by atoms with van der Waals surface area (Å²) in [6, 6.07) is 9.91. The third-order valence-corrected chi connectivity index (χ3v) is 2.91. The Morgan fingerprint density at radius 3 is 2.79 bits per heavy atom. The number of ether oxygens (including phenoxy) is 1. The van der Waals surface area contributed by atoms with Crippen LogP contribution in [-0.4, -0.2) is 23.1 Å². The fourth-order valence-corrected chi connectivity index (χ4v) is 1.88. The first-order chi connectivity index (χ1) is 9.20. The molecule has 4 heteroatoms. The molecule has 0 spiro atoms. The lowest BCUT2D eigenvalue weighted by Gasteiger charge is -2.09. The van der Waals surface area contributed by atoms with Crippen molar-refractivity contribution < 1.29 is 4.74 Å². The third kappa shape index (κ3) is 3.51. The highest BCUT2D eigenvalue weighted by molar-refractivity contribution is 5.66. The van der Waals surface area contributed by atoms with Gasteiger partial charge in [-0.2, -0.15) is 0 Å². The van der Waals surface area contributed by atoms with Crippen LogP contribution in [-0.2, 0) is 6.42 Å². The second kappa shape index (κ2) is 6.29. The Balaban J connectivity index is 2.27. The molecule has 1 aromatic heterocycles. The Bertz CT molecular complexity index is 540. The molecule has 1 unspecified atom stereocenters. The van der Waals surface area contributed by atoms with Crippen LogP contribution in [0.2, 0.25) is 0 Å². The summed E-state index contributed by atoms with van der Waals surface area (Å²) in [6.07, 6.45) is 3.46. The van der Waals surface area contributed by atoms with Crippen LogP contribution in [0.3, 0.4) is 0 Å². The molecule has 19 heavy (non-hydrogen) atoms. The first-order valence-electron chi connectivity index (χ1n) is 6.41. The second-order valence-corrected chi connectivity index (χ2v) is 4.57. The molecule has 1 heterocycles. The quantitative estimate of drug-likeness (QED) is 0.893. The van der Waals surface area contributed by atoms with Crippen LogP contribution in [0.5, 0.6) is 5.75 Å². The summed E-state index contributed by atoms with van der Waals surface area (Å²) in [5, 5.41) is 0. The van der Waals surface area contributed by atoms with E-state index in [0.717, 1.165) is 35.7 Å². The number of hydrogen-bond donors (Lipinski definition) is 1. The zero-order valence-electron chi connectivity index (χ0n) is 11.3. The minimum atomic E-state index is 0.165. The van der Waals surface area contributed by atoms with Crippen LogP contribution >= 0.6 is 0 Å². The van der Waals surface area contributed by atoms with Crippen molar-refractivity contribution in [3.05, 3.63) is 42.4 Å². The highest BCUT2D eigenvalue weighted by Gasteiger charge is 2.08. The largest absolute Gasteiger partial charge is 0.496 e. The van der Waals surface area contributed by atoms with Gasteiger partial charge in [-0.1, -0.05) is 12.1 Å². The van der Waals surface area contributed by atoms with Gasteiger partial charge in [-0.05, 0) is 31.5 Å². The monoisotopic (exact) mass is 257 g/mol. The molecular formula is C15H19N3O. The van der Waals surface area contributed by atoms with E-state index in [0.29, 0.717) is 0 Å². The second-order valence-electron chi connectivity index (χ2n) is 4.57. The van der Waals surface area contributed by atoms with Crippen LogP contribution in [0.4, 0.5) is 0 Å². The molecule has 0 saturated carbocycles. The van der Waals surface area contributed by atoms with E-state index in [9.17, 15) is 0 Å². The maximum atomic E-state index is 5.76. The Morgan fingerprint density at radius 1 is 1.26 bits per heavy atom. The number of nitrogens with zero attached hydrogens (tertiary/aromatic N) is 2. The van der Waals surface area contributed by atoms with Crippen molar-refractivity contribution in [3.63, 3.8) is 0 Å². The molecule has 1 atom stereocenters. The lowest BCUT2D eigenvalue weighted by molar-refractivity contribution is 0.416. The van der Waals surface area contributed by atoms with E-state index in [2.05, 4.69) is 9.97 Å². The van der Waals surface area contributed by atoms with Crippen molar-refractivity contribution in [2.45, 2.75) is 25.8 Å². The van der Waals surface area contributed by atoms with Crippen molar-refractivity contribution >= 4 is 0 Å². The molecular weight excluding hydrogens is 238 g/mol. The molecule has 0 aliphatic carbocycles. The van der Waals surface area contributed by atoms with Gasteiger partial charge >= 0.3 is 0 Å². The summed E-state index contributed by atoms with van der Waals surface area (Å²) in [7, 11) is 1.66. The molecule has 0 amide bonds. The topological polar surface area (TPSA) is 61.0 Å². The van der Waals surface area contributed by atoms with E-state index in [-0.39, 0.29) is 6.04 Å². The van der Waals surface area contributed by atoms with Crippen LogP contribution in [0.1, 0.15) is 19.2 Å². The molecule has 0 aliphatic heterocycles. The van der Waals surface area contributed by atoms with E-state index in [1.165, 1.54) is 0 Å². The fourth-order valence-electron chi connectivity index (χ4n) is 1.88. The third-order valence-electron chi connectivity index (χ3n) is 2.91. The maximum absolute atomic E-state index is 5.76.